The van der Waals surface area contributed by atoms with Crippen molar-refractivity contribution in [3.63, 3.8) is 0 Å². The van der Waals surface area contributed by atoms with Crippen molar-refractivity contribution in [2.45, 2.75) is 108 Å². The second kappa shape index (κ2) is 25.5. The average Bonchev–Trinajstić information content (AvgIpc) is 3.82. The van der Waals surface area contributed by atoms with Crippen LogP contribution in [0.2, 0.25) is 0 Å². The zero-order valence-corrected chi connectivity index (χ0v) is 42.2. The molecule has 0 saturated heterocycles. The van der Waals surface area contributed by atoms with Gasteiger partial charge in [-0.15, -0.1) is 0 Å². The maximum atomic E-state index is 13.7. The van der Waals surface area contributed by atoms with E-state index in [0.29, 0.717) is 88.9 Å². The first-order chi connectivity index (χ1) is 34.4. The molecule has 0 radical (unpaired) electrons. The molecule has 3 aliphatic rings. The van der Waals surface area contributed by atoms with Crippen LogP contribution >= 0.6 is 23.5 Å². The molecule has 2 fully saturated rings. The molecule has 0 spiro atoms. The Bertz CT molecular complexity index is 2650. The molecule has 6 rings (SSSR count). The summed E-state index contributed by atoms with van der Waals surface area (Å²) in [5, 5.41) is 9.70. The van der Waals surface area contributed by atoms with Crippen LogP contribution in [0.1, 0.15) is 94.7 Å². The van der Waals surface area contributed by atoms with E-state index in [0.717, 1.165) is 40.7 Å². The lowest BCUT2D eigenvalue weighted by Gasteiger charge is -2.27. The summed E-state index contributed by atoms with van der Waals surface area (Å²) in [6, 6.07) is 17.6. The number of esters is 7. The van der Waals surface area contributed by atoms with Crippen LogP contribution in [0, 0.1) is 60.8 Å². The van der Waals surface area contributed by atoms with Crippen LogP contribution in [-0.2, 0) is 54.2 Å². The second-order valence-corrected chi connectivity index (χ2v) is 20.9. The van der Waals surface area contributed by atoms with Crippen molar-refractivity contribution in [1.82, 2.24) is 0 Å². The van der Waals surface area contributed by atoms with Gasteiger partial charge in [-0.25, -0.2) is 14.9 Å². The molecule has 0 N–H and O–H groups in total. The predicted molar refractivity (Wildman–Crippen MR) is 263 cm³/mol. The largest absolute Gasteiger partial charge is 0.465 e. The van der Waals surface area contributed by atoms with Crippen molar-refractivity contribution in [2.24, 2.45) is 29.1 Å². The highest BCUT2D eigenvalue weighted by Crippen LogP contribution is 2.60. The number of hydrogen-bond acceptors (Lipinski definition) is 17. The van der Waals surface area contributed by atoms with Gasteiger partial charge in [-0.2, -0.15) is 0 Å². The van der Waals surface area contributed by atoms with Gasteiger partial charge in [0.15, 0.2) is 0 Å². The Balaban J connectivity index is 0.948. The molecule has 3 aromatic carbocycles. The summed E-state index contributed by atoms with van der Waals surface area (Å²) >= 11 is 2.20. The van der Waals surface area contributed by atoms with Gasteiger partial charge < -0.3 is 33.2 Å². The van der Waals surface area contributed by atoms with Gasteiger partial charge in [0.2, 0.25) is 0 Å². The van der Waals surface area contributed by atoms with Crippen molar-refractivity contribution in [3.05, 3.63) is 105 Å². The van der Waals surface area contributed by atoms with Gasteiger partial charge in [0, 0.05) is 17.9 Å². The molecule has 1 aliphatic heterocycles. The van der Waals surface area contributed by atoms with Gasteiger partial charge in [-0.05, 0) is 107 Å². The Morgan fingerprint density at radius 2 is 1.17 bits per heavy atom. The van der Waals surface area contributed by atoms with E-state index < -0.39 is 59.0 Å². The van der Waals surface area contributed by atoms with Crippen molar-refractivity contribution in [1.29, 1.82) is 5.26 Å². The van der Waals surface area contributed by atoms with E-state index in [1.807, 2.05) is 25.1 Å². The molecule has 2 aliphatic carbocycles. The second-order valence-electron chi connectivity index (χ2n) is 18.6. The van der Waals surface area contributed by atoms with Crippen molar-refractivity contribution >= 4 is 65.3 Å². The van der Waals surface area contributed by atoms with Crippen molar-refractivity contribution in [3.8, 4) is 29.1 Å². The normalized spacial score (nSPS) is 18.9. The summed E-state index contributed by atoms with van der Waals surface area (Å²) < 4.78 is 39.2. The molecule has 16 nitrogen and oxygen atoms in total. The summed E-state index contributed by atoms with van der Waals surface area (Å²) in [7, 11) is 0. The van der Waals surface area contributed by atoms with E-state index in [2.05, 4.69) is 11.4 Å². The van der Waals surface area contributed by atoms with E-state index in [1.165, 1.54) is 0 Å². The Morgan fingerprint density at radius 1 is 0.694 bits per heavy atom. The number of carbonyl (C=O) groups excluding carboxylic acids is 7. The molecule has 2 saturated carbocycles. The third kappa shape index (κ3) is 15.3. The average molecular weight is 1020 g/mol. The highest BCUT2D eigenvalue weighted by molar-refractivity contribution is 8.24. The molecule has 0 amide bonds. The number of nitriles is 1. The number of hydrogen-bond donors (Lipinski definition) is 0. The number of fused-ring (bicyclic) bond motifs is 1. The van der Waals surface area contributed by atoms with E-state index >= 15 is 0 Å². The number of ether oxygens (including phenoxy) is 7. The molecule has 18 heteroatoms. The number of aryl methyl sites for hydroxylation is 2. The molecular formula is C54H56N2O14S2. The molecule has 72 heavy (non-hydrogen) atoms. The maximum absolute atomic E-state index is 13.7. The van der Waals surface area contributed by atoms with Gasteiger partial charge in [-0.3, -0.25) is 28.8 Å². The maximum Gasteiger partial charge on any atom is 0.330 e. The quantitative estimate of drug-likeness (QED) is 0.0273. The van der Waals surface area contributed by atoms with Gasteiger partial charge in [-0.1, -0.05) is 73.8 Å². The topological polar surface area (TPSA) is 212 Å². The lowest BCUT2D eigenvalue weighted by Crippen LogP contribution is -2.31. The minimum atomic E-state index is -0.619. The summed E-state index contributed by atoms with van der Waals surface area (Å²) in [5.41, 5.74) is 1.62. The molecule has 1 heterocycles. The highest BCUT2D eigenvalue weighted by Gasteiger charge is 2.37. The smallest absolute Gasteiger partial charge is 0.330 e. The summed E-state index contributed by atoms with van der Waals surface area (Å²) in [6.07, 6.45) is 4.40. The van der Waals surface area contributed by atoms with Gasteiger partial charge in [0.25, 0.3) is 5.70 Å². The number of allylic oxidation sites excluding steroid dienone is 1. The minimum Gasteiger partial charge on any atom is -0.465 e. The third-order valence-corrected chi connectivity index (χ3v) is 14.9. The van der Waals surface area contributed by atoms with Crippen LogP contribution in [0.5, 0.6) is 23.0 Å². The lowest BCUT2D eigenvalue weighted by molar-refractivity contribution is -0.154. The lowest BCUT2D eigenvalue weighted by atomic mass is 9.82. The summed E-state index contributed by atoms with van der Waals surface area (Å²) in [4.78, 5) is 93.3. The van der Waals surface area contributed by atoms with E-state index in [9.17, 15) is 38.8 Å². The van der Waals surface area contributed by atoms with Crippen LogP contribution in [0.25, 0.3) is 4.85 Å². The Kier molecular flexibility index (Phi) is 19.3. The molecule has 0 bridgehead atoms. The standard InChI is InChI=1S/C54H56N2O14S2/c1-7-43(57)65-30-54(4,5)31-66-45(59)25-24-44(58)64-27-26-34-10-22-40(23-11-34)68-50(61)35-12-16-37(17-13-35)51(62)69-42-28-33(3)46(48-47(42)71-53(72-48)41(29-55)56-6)70-52(63)38-18-14-36(15-19-38)49(60)67-39-20-8-32(2)9-21-39/h7-11,20-23,28,35-38H,1,12-19,24-27,30-31H2,2-5H3/b53-41+. The van der Waals surface area contributed by atoms with Crippen LogP contribution in [0.15, 0.2) is 87.0 Å². The summed E-state index contributed by atoms with van der Waals surface area (Å²) in [6.45, 7) is 18.2. The SMILES string of the molecule is [C-]#[N+]/C(C#N)=C1\Sc2c(OC(=O)C3CCC(C(=O)Oc4ccc(CCOC(=O)CCC(=O)OCC(C)(C)COC(=O)C=C)cc4)CC3)cc(C)c(OC(=O)C3CCC(C(=O)Oc4ccc(C)cc4)CC3)c2S1. The molecule has 378 valence electrons. The van der Waals surface area contributed by atoms with Gasteiger partial charge >= 0.3 is 41.8 Å². The Morgan fingerprint density at radius 3 is 1.68 bits per heavy atom. The molecular weight excluding hydrogens is 965 g/mol. The van der Waals surface area contributed by atoms with E-state index in [4.69, 9.17) is 39.7 Å². The Hall–Kier alpha value is -6.89. The summed E-state index contributed by atoms with van der Waals surface area (Å²) in [5.74, 6) is -3.93. The third-order valence-electron chi connectivity index (χ3n) is 12.3. The zero-order chi connectivity index (χ0) is 52.0. The molecule has 0 unspecified atom stereocenters. The number of thioether (sulfide) groups is 2. The predicted octanol–water partition coefficient (Wildman–Crippen LogP) is 9.91. The zero-order valence-electron chi connectivity index (χ0n) is 40.6. The fourth-order valence-corrected chi connectivity index (χ4v) is 10.6. The van der Waals surface area contributed by atoms with Crippen molar-refractivity contribution in [2.75, 3.05) is 19.8 Å². The van der Waals surface area contributed by atoms with E-state index in [-0.39, 0.29) is 61.7 Å². The highest BCUT2D eigenvalue weighted by atomic mass is 32.2. The Labute approximate surface area is 426 Å². The van der Waals surface area contributed by atoms with Gasteiger partial charge in [0.1, 0.15) is 23.0 Å². The van der Waals surface area contributed by atoms with Gasteiger partial charge in [0.05, 0.1) is 83.0 Å². The number of benzene rings is 3. The van der Waals surface area contributed by atoms with E-state index in [1.54, 1.807) is 63.2 Å². The fraction of sp³-hybridized carbons (Fsp3) is 0.426. The van der Waals surface area contributed by atoms with Crippen LogP contribution < -0.4 is 18.9 Å². The number of nitrogens with zero attached hydrogens (tertiary/aromatic N) is 2. The van der Waals surface area contributed by atoms with Crippen LogP contribution in [0.3, 0.4) is 0 Å². The van der Waals surface area contributed by atoms with Crippen LogP contribution in [0.4, 0.5) is 0 Å². The molecule has 0 atom stereocenters. The van der Waals surface area contributed by atoms with Crippen molar-refractivity contribution < 1.29 is 66.7 Å². The van der Waals surface area contributed by atoms with Crippen LogP contribution in [-0.4, -0.2) is 61.6 Å². The first-order valence-corrected chi connectivity index (χ1v) is 25.3. The fourth-order valence-electron chi connectivity index (χ4n) is 8.04. The molecule has 3 aromatic rings. The number of carbonyl (C=O) groups is 7. The number of rotatable bonds is 19. The molecule has 0 aromatic heterocycles. The first-order valence-electron chi connectivity index (χ1n) is 23.6. The monoisotopic (exact) mass is 1020 g/mol. The first kappa shape index (κ1) is 54.4. The minimum absolute atomic E-state index is 0.00169.